The first-order valence-corrected chi connectivity index (χ1v) is 8.32. The summed E-state index contributed by atoms with van der Waals surface area (Å²) in [7, 11) is 0. The molecule has 0 radical (unpaired) electrons. The number of hydrogen-bond donors (Lipinski definition) is 2. The first-order chi connectivity index (χ1) is 10.2. The van der Waals surface area contributed by atoms with E-state index in [0.29, 0.717) is 6.54 Å². The lowest BCUT2D eigenvalue weighted by atomic mass is 9.68. The van der Waals surface area contributed by atoms with E-state index in [9.17, 15) is 4.79 Å². The Morgan fingerprint density at radius 3 is 2.36 bits per heavy atom. The van der Waals surface area contributed by atoms with E-state index in [2.05, 4.69) is 17.6 Å². The predicted octanol–water partition coefficient (Wildman–Crippen LogP) is 3.69. The van der Waals surface area contributed by atoms with Gasteiger partial charge in [0.15, 0.2) is 0 Å². The lowest BCUT2D eigenvalue weighted by Crippen LogP contribution is -2.47. The van der Waals surface area contributed by atoms with Gasteiger partial charge in [-0.1, -0.05) is 49.9 Å². The van der Waals surface area contributed by atoms with Gasteiger partial charge in [-0.05, 0) is 37.1 Å². The lowest BCUT2D eigenvalue weighted by Gasteiger charge is -2.36. The van der Waals surface area contributed by atoms with Crippen LogP contribution in [0.1, 0.15) is 44.6 Å². The van der Waals surface area contributed by atoms with Gasteiger partial charge < -0.3 is 10.6 Å². The third kappa shape index (κ3) is 4.61. The van der Waals surface area contributed by atoms with Crippen molar-refractivity contribution in [2.24, 2.45) is 0 Å². The summed E-state index contributed by atoms with van der Waals surface area (Å²) in [4.78, 5) is 12.8. The van der Waals surface area contributed by atoms with Crippen molar-refractivity contribution in [1.82, 2.24) is 10.6 Å². The highest BCUT2D eigenvalue weighted by Crippen LogP contribution is 2.40. The van der Waals surface area contributed by atoms with Crippen molar-refractivity contribution in [3.63, 3.8) is 0 Å². The van der Waals surface area contributed by atoms with Crippen LogP contribution in [-0.2, 0) is 10.2 Å². The van der Waals surface area contributed by atoms with E-state index in [-0.39, 0.29) is 23.7 Å². The van der Waals surface area contributed by atoms with Crippen LogP contribution >= 0.6 is 24.0 Å². The van der Waals surface area contributed by atoms with E-state index in [0.717, 1.165) is 49.4 Å². The molecule has 0 spiro atoms. The average Bonchev–Trinajstić information content (AvgIpc) is 2.52. The van der Waals surface area contributed by atoms with Crippen molar-refractivity contribution in [2.45, 2.75) is 44.4 Å². The van der Waals surface area contributed by atoms with Gasteiger partial charge in [0, 0.05) is 18.1 Å². The first kappa shape index (κ1) is 19.3. The molecule has 0 aromatic heterocycles. The Bertz CT molecular complexity index is 456. The van der Waals surface area contributed by atoms with Crippen molar-refractivity contribution >= 4 is 29.9 Å². The van der Waals surface area contributed by atoms with E-state index in [1.807, 2.05) is 24.3 Å². The predicted molar refractivity (Wildman–Crippen MR) is 95.0 cm³/mol. The first-order valence-electron chi connectivity index (χ1n) is 7.94. The quantitative estimate of drug-likeness (QED) is 0.772. The lowest BCUT2D eigenvalue weighted by molar-refractivity contribution is -0.128. The summed E-state index contributed by atoms with van der Waals surface area (Å²) in [6, 6.07) is 7.80. The van der Waals surface area contributed by atoms with Gasteiger partial charge in [-0.2, -0.15) is 0 Å². The molecule has 1 aliphatic carbocycles. The summed E-state index contributed by atoms with van der Waals surface area (Å²) >= 11 is 5.99. The van der Waals surface area contributed by atoms with E-state index in [1.54, 1.807) is 0 Å². The van der Waals surface area contributed by atoms with Crippen LogP contribution < -0.4 is 10.6 Å². The van der Waals surface area contributed by atoms with Gasteiger partial charge in [-0.15, -0.1) is 12.4 Å². The molecular weight excluding hydrogens is 319 g/mol. The summed E-state index contributed by atoms with van der Waals surface area (Å²) in [5, 5.41) is 7.06. The molecule has 1 amide bonds. The van der Waals surface area contributed by atoms with E-state index in [4.69, 9.17) is 11.6 Å². The molecule has 0 atom stereocenters. The molecule has 0 aliphatic heterocycles. The van der Waals surface area contributed by atoms with Crippen molar-refractivity contribution in [3.8, 4) is 0 Å². The molecule has 2 N–H and O–H groups in total. The van der Waals surface area contributed by atoms with Gasteiger partial charge in [0.25, 0.3) is 0 Å². The fourth-order valence-electron chi connectivity index (χ4n) is 3.18. The Labute approximate surface area is 144 Å². The average molecular weight is 345 g/mol. The molecule has 22 heavy (non-hydrogen) atoms. The maximum atomic E-state index is 12.8. The Hall–Kier alpha value is -0.770. The number of likely N-dealkylation sites (N-methyl/N-ethyl adjacent to an activating group) is 1. The molecule has 1 aromatic rings. The molecule has 1 aliphatic rings. The molecule has 5 heteroatoms. The highest BCUT2D eigenvalue weighted by molar-refractivity contribution is 6.30. The van der Waals surface area contributed by atoms with Crippen LogP contribution in [0.2, 0.25) is 5.02 Å². The maximum Gasteiger partial charge on any atom is 0.230 e. The fourth-order valence-corrected chi connectivity index (χ4v) is 3.31. The fraction of sp³-hybridized carbons (Fsp3) is 0.588. The second-order valence-corrected chi connectivity index (χ2v) is 6.20. The van der Waals surface area contributed by atoms with Crippen LogP contribution in [-0.4, -0.2) is 25.5 Å². The highest BCUT2D eigenvalue weighted by Gasteiger charge is 2.40. The number of nitrogens with one attached hydrogen (secondary N) is 2. The second kappa shape index (κ2) is 9.39. The number of rotatable bonds is 6. The Morgan fingerprint density at radius 2 is 1.77 bits per heavy atom. The van der Waals surface area contributed by atoms with E-state index < -0.39 is 0 Å². The topological polar surface area (TPSA) is 41.1 Å². The zero-order valence-corrected chi connectivity index (χ0v) is 14.7. The van der Waals surface area contributed by atoms with Crippen LogP contribution in [0.5, 0.6) is 0 Å². The largest absolute Gasteiger partial charge is 0.354 e. The summed E-state index contributed by atoms with van der Waals surface area (Å²) in [6.07, 6.45) is 5.32. The molecule has 1 aromatic carbocycles. The van der Waals surface area contributed by atoms with Crippen LogP contribution in [0.15, 0.2) is 24.3 Å². The van der Waals surface area contributed by atoms with Gasteiger partial charge in [-0.25, -0.2) is 0 Å². The van der Waals surface area contributed by atoms with Crippen molar-refractivity contribution in [1.29, 1.82) is 0 Å². The minimum Gasteiger partial charge on any atom is -0.354 e. The number of amides is 1. The minimum absolute atomic E-state index is 0. The van der Waals surface area contributed by atoms with Gasteiger partial charge in [0.05, 0.1) is 5.41 Å². The number of hydrogen-bond acceptors (Lipinski definition) is 2. The Balaban J connectivity index is 0.00000242. The summed E-state index contributed by atoms with van der Waals surface area (Å²) in [5.74, 6) is 0.169. The molecule has 1 fully saturated rings. The molecule has 0 unspecified atom stereocenters. The van der Waals surface area contributed by atoms with E-state index >= 15 is 0 Å². The summed E-state index contributed by atoms with van der Waals surface area (Å²) in [5.41, 5.74) is 0.738. The van der Waals surface area contributed by atoms with Crippen LogP contribution in [0, 0.1) is 0 Å². The van der Waals surface area contributed by atoms with Gasteiger partial charge in [0.1, 0.15) is 0 Å². The van der Waals surface area contributed by atoms with Gasteiger partial charge in [-0.3, -0.25) is 4.79 Å². The Kier molecular flexibility index (Phi) is 8.23. The third-order valence-electron chi connectivity index (χ3n) is 4.38. The van der Waals surface area contributed by atoms with Crippen molar-refractivity contribution in [2.75, 3.05) is 19.6 Å². The molecule has 2 rings (SSSR count). The molecular formula is C17H26Cl2N2O. The molecule has 124 valence electrons. The van der Waals surface area contributed by atoms with Crippen LogP contribution in [0.25, 0.3) is 0 Å². The smallest absolute Gasteiger partial charge is 0.230 e. The van der Waals surface area contributed by atoms with E-state index in [1.165, 1.54) is 6.42 Å². The Morgan fingerprint density at radius 1 is 1.14 bits per heavy atom. The number of carbonyl (C=O) groups excluding carboxylic acids is 1. The van der Waals surface area contributed by atoms with Crippen molar-refractivity contribution in [3.05, 3.63) is 34.9 Å². The SMILES string of the molecule is CCNCCNC(=O)C1(c2ccc(Cl)cc2)CCCCC1.Cl. The zero-order chi connectivity index (χ0) is 15.1. The molecule has 3 nitrogen and oxygen atoms in total. The summed E-state index contributed by atoms with van der Waals surface area (Å²) in [6.45, 7) is 4.50. The standard InChI is InChI=1S/C17H25ClN2O.ClH/c1-2-19-12-13-20-16(21)17(10-4-3-5-11-17)14-6-8-15(18)9-7-14;/h6-9,19H,2-5,10-13H2,1H3,(H,20,21);1H. The van der Waals surface area contributed by atoms with Gasteiger partial charge in [0.2, 0.25) is 5.91 Å². The number of halogens is 2. The zero-order valence-electron chi connectivity index (χ0n) is 13.2. The normalized spacial score (nSPS) is 16.6. The monoisotopic (exact) mass is 344 g/mol. The molecule has 0 bridgehead atoms. The van der Waals surface area contributed by atoms with Gasteiger partial charge >= 0.3 is 0 Å². The minimum atomic E-state index is -0.366. The number of benzene rings is 1. The van der Waals surface area contributed by atoms with Crippen LogP contribution in [0.4, 0.5) is 0 Å². The second-order valence-electron chi connectivity index (χ2n) is 5.76. The number of carbonyl (C=O) groups is 1. The highest BCUT2D eigenvalue weighted by atomic mass is 35.5. The molecule has 1 saturated carbocycles. The van der Waals surface area contributed by atoms with Crippen molar-refractivity contribution < 1.29 is 4.79 Å². The van der Waals surface area contributed by atoms with Crippen LogP contribution in [0.3, 0.4) is 0 Å². The summed E-state index contributed by atoms with van der Waals surface area (Å²) < 4.78 is 0. The third-order valence-corrected chi connectivity index (χ3v) is 4.63. The maximum absolute atomic E-state index is 12.8. The molecule has 0 saturated heterocycles. The molecule has 0 heterocycles.